The lowest BCUT2D eigenvalue weighted by Gasteiger charge is -2.09. The molecule has 2 rings (SSSR count). The van der Waals surface area contributed by atoms with Gasteiger partial charge in [0, 0.05) is 12.0 Å². The van der Waals surface area contributed by atoms with Gasteiger partial charge in [-0.3, -0.25) is 9.36 Å². The first kappa shape index (κ1) is 14.6. The minimum atomic E-state index is -0.00256. The number of imidazole rings is 1. The summed E-state index contributed by atoms with van der Waals surface area (Å²) in [6.07, 6.45) is 3.64. The van der Waals surface area contributed by atoms with Crippen LogP contribution in [0.25, 0.3) is 0 Å². The van der Waals surface area contributed by atoms with Crippen molar-refractivity contribution in [3.63, 3.8) is 0 Å². The third kappa shape index (κ3) is 3.20. The largest absolute Gasteiger partial charge is 0.492 e. The maximum Gasteiger partial charge on any atom is 0.231 e. The SMILES string of the molecule is CCCCc1nc(Cl)c(O)n1Cc1ccc(C=O)cc1. The number of halogens is 1. The van der Waals surface area contributed by atoms with Crippen molar-refractivity contribution in [3.05, 3.63) is 46.4 Å². The Hall–Kier alpha value is -1.81. The summed E-state index contributed by atoms with van der Waals surface area (Å²) in [5, 5.41) is 10.1. The smallest absolute Gasteiger partial charge is 0.231 e. The second kappa shape index (κ2) is 6.57. The summed E-state index contributed by atoms with van der Waals surface area (Å²) in [6, 6.07) is 7.23. The zero-order valence-electron chi connectivity index (χ0n) is 11.3. The van der Waals surface area contributed by atoms with Crippen LogP contribution in [0, 0.1) is 0 Å². The molecule has 1 N–H and O–H groups in total. The summed E-state index contributed by atoms with van der Waals surface area (Å²) >= 11 is 5.90. The van der Waals surface area contributed by atoms with Crippen LogP contribution < -0.4 is 0 Å². The van der Waals surface area contributed by atoms with Crippen molar-refractivity contribution in [2.24, 2.45) is 0 Å². The Morgan fingerprint density at radius 1 is 1.35 bits per heavy atom. The number of benzene rings is 1. The second-order valence-corrected chi connectivity index (χ2v) is 5.05. The molecule has 0 amide bonds. The van der Waals surface area contributed by atoms with Crippen LogP contribution in [0.4, 0.5) is 0 Å². The molecule has 0 atom stereocenters. The molecule has 0 aliphatic carbocycles. The lowest BCUT2D eigenvalue weighted by atomic mass is 10.1. The molecule has 1 heterocycles. The van der Waals surface area contributed by atoms with Crippen molar-refractivity contribution in [3.8, 4) is 5.88 Å². The number of aryl methyl sites for hydroxylation is 1. The molecule has 20 heavy (non-hydrogen) atoms. The Balaban J connectivity index is 2.24. The quantitative estimate of drug-likeness (QED) is 0.830. The number of aromatic hydroxyl groups is 1. The fourth-order valence-corrected chi connectivity index (χ4v) is 2.23. The summed E-state index contributed by atoms with van der Waals surface area (Å²) in [6.45, 7) is 2.59. The van der Waals surface area contributed by atoms with Gasteiger partial charge < -0.3 is 5.11 Å². The predicted octanol–water partition coefficient (Wildman–Crippen LogP) is 3.45. The molecule has 5 heteroatoms. The Morgan fingerprint density at radius 3 is 2.65 bits per heavy atom. The first-order chi connectivity index (χ1) is 9.65. The highest BCUT2D eigenvalue weighted by atomic mass is 35.5. The maximum absolute atomic E-state index is 10.6. The van der Waals surface area contributed by atoms with E-state index in [0.717, 1.165) is 36.9 Å². The van der Waals surface area contributed by atoms with Gasteiger partial charge in [0.25, 0.3) is 0 Å². The van der Waals surface area contributed by atoms with Crippen molar-refractivity contribution in [1.29, 1.82) is 0 Å². The molecule has 2 aromatic rings. The molecule has 0 saturated carbocycles. The molecule has 0 radical (unpaired) electrons. The van der Waals surface area contributed by atoms with E-state index < -0.39 is 0 Å². The molecule has 1 aromatic carbocycles. The van der Waals surface area contributed by atoms with Crippen LogP contribution in [0.3, 0.4) is 0 Å². The lowest BCUT2D eigenvalue weighted by molar-refractivity contribution is 0.112. The van der Waals surface area contributed by atoms with E-state index in [-0.39, 0.29) is 11.0 Å². The zero-order valence-corrected chi connectivity index (χ0v) is 12.1. The van der Waals surface area contributed by atoms with Gasteiger partial charge in [-0.15, -0.1) is 0 Å². The average molecular weight is 293 g/mol. The monoisotopic (exact) mass is 292 g/mol. The normalized spacial score (nSPS) is 10.7. The number of carbonyl (C=O) groups is 1. The van der Waals surface area contributed by atoms with Crippen LogP contribution in [0.2, 0.25) is 5.15 Å². The molecule has 0 fully saturated rings. The van der Waals surface area contributed by atoms with Crippen LogP contribution in [0.1, 0.15) is 41.5 Å². The molecule has 0 saturated heterocycles. The van der Waals surface area contributed by atoms with Gasteiger partial charge in [0.2, 0.25) is 5.88 Å². The highest BCUT2D eigenvalue weighted by Crippen LogP contribution is 2.26. The van der Waals surface area contributed by atoms with Gasteiger partial charge in [-0.25, -0.2) is 4.98 Å². The van der Waals surface area contributed by atoms with Crippen LogP contribution in [-0.2, 0) is 13.0 Å². The summed E-state index contributed by atoms with van der Waals surface area (Å²) in [7, 11) is 0. The van der Waals surface area contributed by atoms with Gasteiger partial charge >= 0.3 is 0 Å². The first-order valence-electron chi connectivity index (χ1n) is 6.63. The number of rotatable bonds is 6. The van der Waals surface area contributed by atoms with Gasteiger partial charge in [0.05, 0.1) is 6.54 Å². The van der Waals surface area contributed by atoms with Gasteiger partial charge in [-0.2, -0.15) is 0 Å². The van der Waals surface area contributed by atoms with Crippen LogP contribution in [0.15, 0.2) is 24.3 Å². The lowest BCUT2D eigenvalue weighted by Crippen LogP contribution is -2.05. The molecule has 1 aromatic heterocycles. The Kier molecular flexibility index (Phi) is 4.79. The molecular weight excluding hydrogens is 276 g/mol. The minimum Gasteiger partial charge on any atom is -0.492 e. The molecular formula is C15H17ClN2O2. The van der Waals surface area contributed by atoms with Crippen molar-refractivity contribution in [2.75, 3.05) is 0 Å². The van der Waals surface area contributed by atoms with Crippen molar-refractivity contribution < 1.29 is 9.90 Å². The molecule has 0 unspecified atom stereocenters. The molecule has 4 nitrogen and oxygen atoms in total. The van der Waals surface area contributed by atoms with E-state index in [9.17, 15) is 9.90 Å². The molecule has 0 spiro atoms. The van der Waals surface area contributed by atoms with Crippen molar-refractivity contribution >= 4 is 17.9 Å². The number of nitrogens with zero attached hydrogens (tertiary/aromatic N) is 2. The van der Waals surface area contributed by atoms with E-state index in [0.29, 0.717) is 12.1 Å². The van der Waals surface area contributed by atoms with Gasteiger partial charge in [0.1, 0.15) is 12.1 Å². The number of hydrogen-bond donors (Lipinski definition) is 1. The maximum atomic E-state index is 10.6. The van der Waals surface area contributed by atoms with E-state index in [1.54, 1.807) is 16.7 Å². The number of aromatic nitrogens is 2. The fraction of sp³-hybridized carbons (Fsp3) is 0.333. The minimum absolute atomic E-state index is 0.00256. The highest BCUT2D eigenvalue weighted by Gasteiger charge is 2.14. The topological polar surface area (TPSA) is 55.1 Å². The third-order valence-electron chi connectivity index (χ3n) is 3.19. The summed E-state index contributed by atoms with van der Waals surface area (Å²) in [4.78, 5) is 14.8. The van der Waals surface area contributed by atoms with Crippen molar-refractivity contribution in [2.45, 2.75) is 32.7 Å². The van der Waals surface area contributed by atoms with E-state index in [1.807, 2.05) is 12.1 Å². The molecule has 0 aliphatic rings. The number of unbranched alkanes of at least 4 members (excludes halogenated alkanes) is 1. The van der Waals surface area contributed by atoms with Crippen LogP contribution >= 0.6 is 11.6 Å². The standard InChI is InChI=1S/C15H17ClN2O2/c1-2-3-4-13-17-14(16)15(20)18(13)9-11-5-7-12(10-19)8-6-11/h5-8,10,20H,2-4,9H2,1H3. The summed E-state index contributed by atoms with van der Waals surface area (Å²) < 4.78 is 1.72. The molecule has 106 valence electrons. The van der Waals surface area contributed by atoms with Gasteiger partial charge in [0.15, 0.2) is 5.15 Å². The molecule has 0 bridgehead atoms. The number of hydrogen-bond acceptors (Lipinski definition) is 3. The van der Waals surface area contributed by atoms with Crippen LogP contribution in [0.5, 0.6) is 5.88 Å². The Labute approximate surface area is 123 Å². The number of carbonyl (C=O) groups excluding carboxylic acids is 1. The summed E-state index contributed by atoms with van der Waals surface area (Å²) in [5.41, 5.74) is 1.62. The van der Waals surface area contributed by atoms with Gasteiger partial charge in [-0.05, 0) is 12.0 Å². The summed E-state index contributed by atoms with van der Waals surface area (Å²) in [5.74, 6) is 0.783. The predicted molar refractivity (Wildman–Crippen MR) is 78.4 cm³/mol. The molecule has 0 aliphatic heterocycles. The zero-order chi connectivity index (χ0) is 14.5. The van der Waals surface area contributed by atoms with E-state index in [2.05, 4.69) is 11.9 Å². The van der Waals surface area contributed by atoms with Crippen molar-refractivity contribution in [1.82, 2.24) is 9.55 Å². The third-order valence-corrected chi connectivity index (χ3v) is 3.44. The number of aldehydes is 1. The first-order valence-corrected chi connectivity index (χ1v) is 7.01. The average Bonchev–Trinajstić information content (AvgIpc) is 2.73. The fourth-order valence-electron chi connectivity index (χ4n) is 2.03. The van der Waals surface area contributed by atoms with Crippen LogP contribution in [-0.4, -0.2) is 20.9 Å². The van der Waals surface area contributed by atoms with E-state index >= 15 is 0 Å². The van der Waals surface area contributed by atoms with E-state index in [1.165, 1.54) is 0 Å². The van der Waals surface area contributed by atoms with E-state index in [4.69, 9.17) is 11.6 Å². The highest BCUT2D eigenvalue weighted by molar-refractivity contribution is 6.30. The second-order valence-electron chi connectivity index (χ2n) is 4.69. The Bertz CT molecular complexity index is 591. The van der Waals surface area contributed by atoms with Gasteiger partial charge in [-0.1, -0.05) is 49.2 Å². The Morgan fingerprint density at radius 2 is 2.05 bits per heavy atom.